The second-order valence-corrected chi connectivity index (χ2v) is 8.74. The lowest BCUT2D eigenvalue weighted by Gasteiger charge is -2.41. The summed E-state index contributed by atoms with van der Waals surface area (Å²) in [6.07, 6.45) is 0. The molecule has 8 nitrogen and oxygen atoms in total. The zero-order valence-corrected chi connectivity index (χ0v) is 19.1. The number of rotatable bonds is 6. The third kappa shape index (κ3) is 3.84. The average molecular weight is 453 g/mol. The van der Waals surface area contributed by atoms with E-state index in [1.54, 1.807) is 38.3 Å². The number of methoxy groups -OCH3 is 1. The number of fused-ring (bicyclic) bond motifs is 1. The summed E-state index contributed by atoms with van der Waals surface area (Å²) in [4.78, 5) is 27.6. The first kappa shape index (κ1) is 21.9. The third-order valence-electron chi connectivity index (χ3n) is 5.45. The molecule has 9 heteroatoms. The van der Waals surface area contributed by atoms with Crippen LogP contribution < -0.4 is 10.2 Å². The Hall–Kier alpha value is -3.33. The predicted molar refractivity (Wildman–Crippen MR) is 121 cm³/mol. The highest BCUT2D eigenvalue weighted by Gasteiger charge is 2.47. The van der Waals surface area contributed by atoms with E-state index in [4.69, 9.17) is 9.47 Å². The SMILES string of the molecule is CCOC(=O)c1nnn2c1S[C@H](C(=O)c1ccc(OC)cc1)[C@@](C)(c1ccc(C)cc1)N2. The number of hydrogen-bond donors (Lipinski definition) is 1. The fourth-order valence-corrected chi connectivity index (χ4v) is 4.93. The number of nitrogens with zero attached hydrogens (tertiary/aromatic N) is 3. The number of carbonyl (C=O) groups is 2. The Morgan fingerprint density at radius 3 is 2.47 bits per heavy atom. The predicted octanol–water partition coefficient (Wildman–Crippen LogP) is 3.59. The van der Waals surface area contributed by atoms with Crippen LogP contribution in [0.2, 0.25) is 0 Å². The molecular weight excluding hydrogens is 428 g/mol. The molecule has 2 heterocycles. The van der Waals surface area contributed by atoms with Gasteiger partial charge in [0.2, 0.25) is 5.69 Å². The number of aryl methyl sites for hydroxylation is 1. The van der Waals surface area contributed by atoms with E-state index in [2.05, 4.69) is 15.7 Å². The van der Waals surface area contributed by atoms with Crippen LogP contribution in [0.5, 0.6) is 5.75 Å². The van der Waals surface area contributed by atoms with Crippen molar-refractivity contribution in [2.45, 2.75) is 36.6 Å². The molecule has 0 spiro atoms. The molecule has 0 saturated carbocycles. The summed E-state index contributed by atoms with van der Waals surface area (Å²) in [5.41, 5.74) is 5.16. The van der Waals surface area contributed by atoms with E-state index in [1.807, 2.05) is 38.1 Å². The third-order valence-corrected chi connectivity index (χ3v) is 6.96. The zero-order chi connectivity index (χ0) is 22.9. The van der Waals surface area contributed by atoms with Gasteiger partial charge in [0.25, 0.3) is 0 Å². The van der Waals surface area contributed by atoms with Crippen LogP contribution >= 0.6 is 11.8 Å². The lowest BCUT2D eigenvalue weighted by molar-refractivity contribution is 0.0514. The Balaban J connectivity index is 1.79. The second kappa shape index (κ2) is 8.66. The highest BCUT2D eigenvalue weighted by Crippen LogP contribution is 2.44. The fraction of sp³-hybridized carbons (Fsp3) is 0.304. The first-order valence-corrected chi connectivity index (χ1v) is 11.1. The van der Waals surface area contributed by atoms with Crippen molar-refractivity contribution in [1.82, 2.24) is 15.1 Å². The molecule has 32 heavy (non-hydrogen) atoms. The highest BCUT2D eigenvalue weighted by atomic mass is 32.2. The van der Waals surface area contributed by atoms with Gasteiger partial charge >= 0.3 is 5.97 Å². The fourth-order valence-electron chi connectivity index (χ4n) is 3.63. The summed E-state index contributed by atoms with van der Waals surface area (Å²) in [6, 6.07) is 15.0. The number of ether oxygens (including phenoxy) is 2. The maximum absolute atomic E-state index is 13.7. The maximum Gasteiger partial charge on any atom is 0.361 e. The molecule has 0 unspecified atom stereocenters. The monoisotopic (exact) mass is 452 g/mol. The van der Waals surface area contributed by atoms with E-state index >= 15 is 0 Å². The molecule has 0 fully saturated rings. The molecule has 2 atom stereocenters. The van der Waals surface area contributed by atoms with E-state index in [0.29, 0.717) is 16.3 Å². The van der Waals surface area contributed by atoms with Crippen LogP contribution in [0.25, 0.3) is 0 Å². The van der Waals surface area contributed by atoms with E-state index in [9.17, 15) is 9.59 Å². The van der Waals surface area contributed by atoms with Crippen molar-refractivity contribution in [3.05, 3.63) is 70.9 Å². The van der Waals surface area contributed by atoms with Crippen molar-refractivity contribution in [1.29, 1.82) is 0 Å². The van der Waals surface area contributed by atoms with E-state index in [-0.39, 0.29) is 18.1 Å². The van der Waals surface area contributed by atoms with Crippen LogP contribution in [0.4, 0.5) is 0 Å². The number of benzene rings is 2. The van der Waals surface area contributed by atoms with Crippen molar-refractivity contribution < 1.29 is 19.1 Å². The average Bonchev–Trinajstić information content (AvgIpc) is 3.21. The van der Waals surface area contributed by atoms with Crippen LogP contribution in [0.3, 0.4) is 0 Å². The second-order valence-electron chi connectivity index (χ2n) is 7.65. The topological polar surface area (TPSA) is 95.3 Å². The molecule has 0 radical (unpaired) electrons. The molecule has 1 aromatic heterocycles. The molecule has 2 aromatic carbocycles. The van der Waals surface area contributed by atoms with Crippen molar-refractivity contribution in [3.8, 4) is 5.75 Å². The Kier molecular flexibility index (Phi) is 5.92. The maximum atomic E-state index is 13.7. The van der Waals surface area contributed by atoms with Gasteiger partial charge < -0.3 is 9.47 Å². The van der Waals surface area contributed by atoms with Crippen LogP contribution in [0.1, 0.15) is 45.8 Å². The minimum Gasteiger partial charge on any atom is -0.497 e. The van der Waals surface area contributed by atoms with Crippen LogP contribution in [0, 0.1) is 6.92 Å². The van der Waals surface area contributed by atoms with Crippen molar-refractivity contribution in [2.24, 2.45) is 0 Å². The molecule has 4 rings (SSSR count). The van der Waals surface area contributed by atoms with Crippen molar-refractivity contribution in [3.63, 3.8) is 0 Å². The number of esters is 1. The van der Waals surface area contributed by atoms with E-state index in [0.717, 1.165) is 11.1 Å². The van der Waals surface area contributed by atoms with Crippen molar-refractivity contribution in [2.75, 3.05) is 19.1 Å². The normalized spacial score (nSPS) is 19.6. The minimum atomic E-state index is -0.817. The van der Waals surface area contributed by atoms with E-state index in [1.165, 1.54) is 16.6 Å². The summed E-state index contributed by atoms with van der Waals surface area (Å²) >= 11 is 1.26. The molecule has 0 amide bonds. The molecule has 1 N–H and O–H groups in total. The minimum absolute atomic E-state index is 0.0860. The standard InChI is InChI=1S/C23H24N4O4S/c1-5-31-22(29)18-21-27(26-24-18)25-23(3,16-10-6-14(2)7-11-16)20(32-21)19(28)15-8-12-17(30-4)13-9-15/h6-13,20,25H,5H2,1-4H3/t20-,23-/m1/s1. The van der Waals surface area contributed by atoms with Crippen LogP contribution in [-0.2, 0) is 10.3 Å². The quantitative estimate of drug-likeness (QED) is 0.448. The highest BCUT2D eigenvalue weighted by molar-refractivity contribution is 8.00. The molecule has 1 aliphatic rings. The number of aromatic nitrogens is 3. The smallest absolute Gasteiger partial charge is 0.361 e. The Bertz CT molecular complexity index is 1140. The van der Waals surface area contributed by atoms with Gasteiger partial charge in [-0.05, 0) is 55.8 Å². The molecule has 0 saturated heterocycles. The van der Waals surface area contributed by atoms with Gasteiger partial charge in [-0.2, -0.15) is 4.79 Å². The molecular formula is C23H24N4O4S. The van der Waals surface area contributed by atoms with Gasteiger partial charge in [-0.15, -0.1) is 5.10 Å². The summed E-state index contributed by atoms with van der Waals surface area (Å²) < 4.78 is 10.3. The molecule has 0 aliphatic carbocycles. The number of nitrogens with one attached hydrogen (secondary N) is 1. The molecule has 3 aromatic rings. The Morgan fingerprint density at radius 2 is 1.84 bits per heavy atom. The summed E-state index contributed by atoms with van der Waals surface area (Å²) in [5, 5.41) is 7.95. The first-order chi connectivity index (χ1) is 15.4. The number of ketones is 1. The van der Waals surface area contributed by atoms with Gasteiger partial charge in [0.05, 0.1) is 19.3 Å². The van der Waals surface area contributed by atoms with Gasteiger partial charge in [-0.3, -0.25) is 10.2 Å². The van der Waals surface area contributed by atoms with Crippen LogP contribution in [0.15, 0.2) is 53.6 Å². The Morgan fingerprint density at radius 1 is 1.16 bits per heavy atom. The number of Topliss-reactive ketones (excluding diaryl/α,β-unsaturated/α-hetero) is 1. The molecule has 0 bridgehead atoms. The lowest BCUT2D eigenvalue weighted by Crippen LogP contribution is -2.53. The summed E-state index contributed by atoms with van der Waals surface area (Å²) in [6.45, 7) is 5.91. The van der Waals surface area contributed by atoms with Gasteiger partial charge in [0, 0.05) is 5.56 Å². The Labute approximate surface area is 190 Å². The number of hydrogen-bond acceptors (Lipinski definition) is 8. The van der Waals surface area contributed by atoms with Gasteiger partial charge in [-0.1, -0.05) is 41.6 Å². The number of thioether (sulfide) groups is 1. The summed E-state index contributed by atoms with van der Waals surface area (Å²) in [5.74, 6) is 0.0114. The number of carbonyl (C=O) groups excluding carboxylic acids is 2. The zero-order valence-electron chi connectivity index (χ0n) is 18.3. The van der Waals surface area contributed by atoms with Gasteiger partial charge in [-0.25, -0.2) is 4.79 Å². The molecule has 1 aliphatic heterocycles. The van der Waals surface area contributed by atoms with Gasteiger partial charge in [0.15, 0.2) is 10.8 Å². The van der Waals surface area contributed by atoms with Crippen molar-refractivity contribution >= 4 is 23.5 Å². The van der Waals surface area contributed by atoms with Gasteiger partial charge in [0.1, 0.15) is 11.0 Å². The lowest BCUT2D eigenvalue weighted by atomic mass is 9.85. The summed E-state index contributed by atoms with van der Waals surface area (Å²) in [7, 11) is 1.58. The largest absolute Gasteiger partial charge is 0.497 e. The van der Waals surface area contributed by atoms with E-state index < -0.39 is 16.8 Å². The molecule has 166 valence electrons. The first-order valence-electron chi connectivity index (χ1n) is 10.2. The van der Waals surface area contributed by atoms with Crippen LogP contribution in [-0.4, -0.2) is 45.8 Å².